The van der Waals surface area contributed by atoms with Crippen LogP contribution in [0.1, 0.15) is 44.7 Å². The maximum absolute atomic E-state index is 13.0. The van der Waals surface area contributed by atoms with E-state index in [1.165, 1.54) is 0 Å². The van der Waals surface area contributed by atoms with Crippen molar-refractivity contribution in [3.05, 3.63) is 65.7 Å². The van der Waals surface area contributed by atoms with Gasteiger partial charge >= 0.3 is 0 Å². The molecule has 0 aromatic heterocycles. The van der Waals surface area contributed by atoms with E-state index in [1.54, 1.807) is 24.3 Å². The summed E-state index contributed by atoms with van der Waals surface area (Å²) in [4.78, 5) is 6.91. The van der Waals surface area contributed by atoms with Crippen LogP contribution in [-0.4, -0.2) is 37.1 Å². The Hall–Kier alpha value is -2.47. The molecule has 1 saturated heterocycles. The Labute approximate surface area is 167 Å². The summed E-state index contributed by atoms with van der Waals surface area (Å²) in [5, 5.41) is 0. The molecule has 3 rings (SSSR count). The first-order valence-electron chi connectivity index (χ1n) is 9.54. The molecule has 0 amide bonds. The second kappa shape index (κ2) is 7.87. The summed E-state index contributed by atoms with van der Waals surface area (Å²) < 4.78 is 30.2. The number of nitrogens with zero attached hydrogens (tertiary/aromatic N) is 3. The van der Waals surface area contributed by atoms with Crippen LogP contribution in [0.25, 0.3) is 0 Å². The minimum atomic E-state index is -3.81. The van der Waals surface area contributed by atoms with Crippen molar-refractivity contribution in [1.29, 1.82) is 0 Å². The van der Waals surface area contributed by atoms with Crippen molar-refractivity contribution in [2.75, 3.05) is 0 Å². The molecule has 0 spiro atoms. The van der Waals surface area contributed by atoms with Crippen molar-refractivity contribution in [2.24, 2.45) is 9.39 Å². The minimum Gasteiger partial charge on any atom is -0.313 e. The fourth-order valence-electron chi connectivity index (χ4n) is 3.30. The summed E-state index contributed by atoms with van der Waals surface area (Å²) >= 11 is 0. The number of aryl methyl sites for hydroxylation is 1. The highest BCUT2D eigenvalue weighted by Gasteiger charge is 2.45. The van der Waals surface area contributed by atoms with Gasteiger partial charge in [-0.15, -0.1) is 4.40 Å². The lowest BCUT2D eigenvalue weighted by Gasteiger charge is -2.46. The van der Waals surface area contributed by atoms with Gasteiger partial charge in [0.2, 0.25) is 0 Å². The van der Waals surface area contributed by atoms with Crippen molar-refractivity contribution in [2.45, 2.75) is 57.5 Å². The van der Waals surface area contributed by atoms with E-state index in [1.807, 2.05) is 69.9 Å². The molecule has 2 aromatic carbocycles. The van der Waals surface area contributed by atoms with Crippen molar-refractivity contribution in [1.82, 2.24) is 4.90 Å². The molecule has 1 fully saturated rings. The monoisotopic (exact) mass is 397 g/mol. The summed E-state index contributed by atoms with van der Waals surface area (Å²) in [6, 6.07) is 16.8. The van der Waals surface area contributed by atoms with E-state index in [4.69, 9.17) is 4.99 Å². The third-order valence-electron chi connectivity index (χ3n) is 4.58. The molecule has 0 bridgehead atoms. The van der Waals surface area contributed by atoms with Gasteiger partial charge in [0.1, 0.15) is 17.6 Å². The molecule has 1 atom stereocenters. The topological polar surface area (TPSA) is 62.1 Å². The van der Waals surface area contributed by atoms with Crippen LogP contribution in [0, 0.1) is 6.92 Å². The van der Waals surface area contributed by atoms with Gasteiger partial charge in [-0.2, -0.15) is 8.42 Å². The van der Waals surface area contributed by atoms with Gasteiger partial charge in [-0.25, -0.2) is 0 Å². The highest BCUT2D eigenvalue weighted by atomic mass is 32.2. The number of amidine groups is 2. The summed E-state index contributed by atoms with van der Waals surface area (Å²) in [6.45, 7) is 10.0. The number of sulfonamides is 1. The molecule has 0 aliphatic carbocycles. The second-order valence-corrected chi connectivity index (χ2v) is 9.23. The largest absolute Gasteiger partial charge is 0.313 e. The Morgan fingerprint density at radius 3 is 2.04 bits per heavy atom. The quantitative estimate of drug-likeness (QED) is 0.751. The maximum Gasteiger partial charge on any atom is 0.283 e. The fraction of sp³-hybridized carbons (Fsp3) is 0.364. The molecule has 1 heterocycles. The van der Waals surface area contributed by atoms with E-state index in [2.05, 4.69) is 4.40 Å². The van der Waals surface area contributed by atoms with Crippen LogP contribution in [0.5, 0.6) is 0 Å². The van der Waals surface area contributed by atoms with Gasteiger partial charge in [0.15, 0.2) is 0 Å². The molecule has 28 heavy (non-hydrogen) atoms. The van der Waals surface area contributed by atoms with Gasteiger partial charge in [0.25, 0.3) is 10.0 Å². The maximum atomic E-state index is 13.0. The fourth-order valence-corrected chi connectivity index (χ4v) is 4.33. The van der Waals surface area contributed by atoms with Gasteiger partial charge in [-0.05, 0) is 52.3 Å². The molecule has 0 N–H and O–H groups in total. The molecule has 1 aliphatic heterocycles. The predicted molar refractivity (Wildman–Crippen MR) is 115 cm³/mol. The zero-order valence-electron chi connectivity index (χ0n) is 17.0. The molecule has 1 aliphatic rings. The Bertz CT molecular complexity index is 992. The zero-order valence-corrected chi connectivity index (χ0v) is 17.8. The summed E-state index contributed by atoms with van der Waals surface area (Å²) in [5.41, 5.74) is 2.00. The van der Waals surface area contributed by atoms with E-state index in [0.717, 1.165) is 17.0 Å². The van der Waals surface area contributed by atoms with E-state index < -0.39 is 10.0 Å². The minimum absolute atomic E-state index is 0.0597. The molecule has 0 saturated carbocycles. The molecule has 1 unspecified atom stereocenters. The Morgan fingerprint density at radius 2 is 1.50 bits per heavy atom. The lowest BCUT2D eigenvalue weighted by Crippen LogP contribution is -2.59. The standard InChI is InChI=1S/C22H27N3O2S/c1-15(2)23-21-20(18-9-7-6-8-10-18)22(25(21)16(3)4)24-28(26,27)19-13-11-17(5)12-14-19/h6-16,20H,1-5H3/b23-21?,24-22-. The summed E-state index contributed by atoms with van der Waals surface area (Å²) in [5.74, 6) is 1.15. The number of hydrogen-bond donors (Lipinski definition) is 0. The second-order valence-electron chi connectivity index (χ2n) is 7.63. The van der Waals surface area contributed by atoms with E-state index in [-0.39, 0.29) is 22.9 Å². The first-order chi connectivity index (χ1) is 13.2. The Morgan fingerprint density at radius 1 is 0.893 bits per heavy atom. The van der Waals surface area contributed by atoms with Crippen molar-refractivity contribution < 1.29 is 8.42 Å². The van der Waals surface area contributed by atoms with E-state index in [9.17, 15) is 8.42 Å². The van der Waals surface area contributed by atoms with Gasteiger partial charge in [-0.3, -0.25) is 4.99 Å². The zero-order chi connectivity index (χ0) is 20.5. The number of likely N-dealkylation sites (tertiary alicyclic amines) is 1. The number of benzene rings is 2. The third kappa shape index (κ3) is 4.02. The summed E-state index contributed by atoms with van der Waals surface area (Å²) in [6.07, 6.45) is 0. The van der Waals surface area contributed by atoms with Crippen LogP contribution in [0.3, 0.4) is 0 Å². The third-order valence-corrected chi connectivity index (χ3v) is 5.88. The SMILES string of the molecule is Cc1ccc(S(=O)(=O)/N=C2/C(c3ccccc3)C(=NC(C)C)N2C(C)C)cc1. The van der Waals surface area contributed by atoms with Gasteiger partial charge < -0.3 is 4.90 Å². The normalized spacial score (nSPS) is 20.2. The number of rotatable bonds is 5. The van der Waals surface area contributed by atoms with Crippen molar-refractivity contribution >= 4 is 21.7 Å². The van der Waals surface area contributed by atoms with Crippen LogP contribution in [0.15, 0.2) is 68.9 Å². The summed E-state index contributed by atoms with van der Waals surface area (Å²) in [7, 11) is -3.81. The average Bonchev–Trinajstić information content (AvgIpc) is 2.61. The lowest BCUT2D eigenvalue weighted by atomic mass is 9.86. The first-order valence-corrected chi connectivity index (χ1v) is 11.0. The van der Waals surface area contributed by atoms with E-state index >= 15 is 0 Å². The molecular formula is C22H27N3O2S. The van der Waals surface area contributed by atoms with Crippen molar-refractivity contribution in [3.63, 3.8) is 0 Å². The van der Waals surface area contributed by atoms with Crippen LogP contribution in [0.2, 0.25) is 0 Å². The molecule has 6 heteroatoms. The first kappa shape index (κ1) is 20.3. The molecule has 0 radical (unpaired) electrons. The van der Waals surface area contributed by atoms with Crippen LogP contribution in [0.4, 0.5) is 0 Å². The number of hydrogen-bond acceptors (Lipinski definition) is 3. The lowest BCUT2D eigenvalue weighted by molar-refractivity contribution is 0.438. The van der Waals surface area contributed by atoms with Crippen LogP contribution < -0.4 is 0 Å². The Balaban J connectivity index is 2.12. The van der Waals surface area contributed by atoms with Crippen LogP contribution >= 0.6 is 0 Å². The van der Waals surface area contributed by atoms with Gasteiger partial charge in [-0.1, -0.05) is 48.0 Å². The van der Waals surface area contributed by atoms with Crippen LogP contribution in [-0.2, 0) is 10.0 Å². The van der Waals surface area contributed by atoms with E-state index in [0.29, 0.717) is 5.84 Å². The van der Waals surface area contributed by atoms with Crippen molar-refractivity contribution in [3.8, 4) is 0 Å². The van der Waals surface area contributed by atoms with Gasteiger partial charge in [0.05, 0.1) is 4.90 Å². The highest BCUT2D eigenvalue weighted by Crippen LogP contribution is 2.36. The highest BCUT2D eigenvalue weighted by molar-refractivity contribution is 7.90. The van der Waals surface area contributed by atoms with Gasteiger partial charge in [0, 0.05) is 12.1 Å². The molecule has 148 valence electrons. The average molecular weight is 398 g/mol. The Kier molecular flexibility index (Phi) is 5.70. The smallest absolute Gasteiger partial charge is 0.283 e. The predicted octanol–water partition coefficient (Wildman–Crippen LogP) is 4.40. The number of aliphatic imine (C=N–C) groups is 1. The molecule has 2 aromatic rings. The molecule has 5 nitrogen and oxygen atoms in total. The molecular weight excluding hydrogens is 370 g/mol.